The van der Waals surface area contributed by atoms with E-state index in [1.807, 2.05) is 164 Å². The number of nitrogens with zero attached hydrogens (tertiary/aromatic N) is 1. The molecular weight excluding hydrogens is 1250 g/mol. The molecule has 8 aromatic carbocycles. The first-order chi connectivity index (χ1) is 47.1. The highest BCUT2D eigenvalue weighted by atomic mass is 28.4. The summed E-state index contributed by atoms with van der Waals surface area (Å²) in [5.74, 6) is -1.69. The summed E-state index contributed by atoms with van der Waals surface area (Å²) in [6, 6.07) is 68.3. The zero-order chi connectivity index (χ0) is 67.5. The minimum absolute atomic E-state index is 0.0227. The van der Waals surface area contributed by atoms with E-state index in [-0.39, 0.29) is 62.6 Å². The van der Waals surface area contributed by atoms with E-state index in [4.69, 9.17) is 56.5 Å². The molecule has 1 aliphatic carbocycles. The average molecular weight is 1330 g/mol. The standard InChI is InChI=1S/C79H83NO16Si/c1-52(2)79(3,4)97(5,6)96-76-68(80-74(82)62-42-26-27-43-63(62)75(80)83)71(88-46-55-32-16-9-17-33-55)70(65(92-76)49-85-44-53-28-12-7-13-29-53)95-77-73(89-47-56-34-18-10-19-35-56)72(94-67(81)51-86-57-36-20-11-21-37-57)69(87-45-54-30-14-8-15-31-54)66(93-77)50-91-78(84)90-48-64-60-40-24-22-38-58(60)59-39-23-25-41-61(59)64/h7-43,52,64-66,68-73,76-77H,44-51H2,1-6H3/t65-,66-,68-,69-,70-,71-,72+,73+,76+,77+/m1/s1. The molecule has 10 atom stereocenters. The Hall–Kier alpha value is -8.66. The molecule has 8 aromatic rings. The predicted octanol–water partition coefficient (Wildman–Crippen LogP) is 14.1. The molecule has 4 aliphatic rings. The highest BCUT2D eigenvalue weighted by molar-refractivity contribution is 6.74. The van der Waals surface area contributed by atoms with Crippen molar-refractivity contribution < 1.29 is 75.7 Å². The van der Waals surface area contributed by atoms with Crippen molar-refractivity contribution in [1.29, 1.82) is 0 Å². The summed E-state index contributed by atoms with van der Waals surface area (Å²) in [4.78, 5) is 61.0. The maximum atomic E-state index is 15.3. The molecule has 17 nitrogen and oxygen atoms in total. The van der Waals surface area contributed by atoms with Crippen molar-refractivity contribution in [1.82, 2.24) is 4.90 Å². The van der Waals surface area contributed by atoms with Crippen LogP contribution in [0.4, 0.5) is 4.79 Å². The monoisotopic (exact) mass is 1330 g/mol. The summed E-state index contributed by atoms with van der Waals surface area (Å²) < 4.78 is 82.6. The molecule has 3 heterocycles. The average Bonchev–Trinajstić information content (AvgIpc) is 1.75. The van der Waals surface area contributed by atoms with Crippen LogP contribution in [0.15, 0.2) is 224 Å². The van der Waals surface area contributed by atoms with Crippen LogP contribution in [0.3, 0.4) is 0 Å². The van der Waals surface area contributed by atoms with Crippen molar-refractivity contribution in [3.05, 3.63) is 269 Å². The molecule has 0 saturated carbocycles. The van der Waals surface area contributed by atoms with Crippen LogP contribution in [0.25, 0.3) is 11.1 Å². The zero-order valence-electron chi connectivity index (χ0n) is 55.4. The Bertz CT molecular complexity index is 3840. The molecule has 3 aliphatic heterocycles. The first-order valence-corrected chi connectivity index (χ1v) is 36.1. The van der Waals surface area contributed by atoms with E-state index >= 15 is 9.59 Å². The third kappa shape index (κ3) is 15.8. The van der Waals surface area contributed by atoms with Gasteiger partial charge in [-0.2, -0.15) is 0 Å². The summed E-state index contributed by atoms with van der Waals surface area (Å²) in [6.07, 6.45) is -13.1. The lowest BCUT2D eigenvalue weighted by atomic mass is 9.93. The highest BCUT2D eigenvalue weighted by Crippen LogP contribution is 2.48. The number of fused-ring (bicyclic) bond motifs is 4. The first-order valence-electron chi connectivity index (χ1n) is 33.2. The fraction of sp³-hybridized carbons (Fsp3) is 0.342. The predicted molar refractivity (Wildman–Crippen MR) is 364 cm³/mol. The number of rotatable bonds is 28. The summed E-state index contributed by atoms with van der Waals surface area (Å²) in [5.41, 5.74) is 7.70. The van der Waals surface area contributed by atoms with Gasteiger partial charge in [-0.05, 0) is 92.8 Å². The number of esters is 1. The van der Waals surface area contributed by atoms with Crippen LogP contribution in [-0.4, -0.2) is 125 Å². The summed E-state index contributed by atoms with van der Waals surface area (Å²) in [5, 5.41) is -0.399. The van der Waals surface area contributed by atoms with Gasteiger partial charge in [0, 0.05) is 5.92 Å². The van der Waals surface area contributed by atoms with Crippen molar-refractivity contribution in [2.45, 2.75) is 140 Å². The lowest BCUT2D eigenvalue weighted by molar-refractivity contribution is -0.360. The van der Waals surface area contributed by atoms with Gasteiger partial charge >= 0.3 is 12.1 Å². The SMILES string of the molecule is CC(C)C(C)(C)[Si](C)(C)O[C@@H]1O[C@H](COCc2ccccc2)[C@@H](O[C@@H]2O[C@H](COC(=O)OCC3c4ccccc4-c4ccccc43)[C@@H](OCc3ccccc3)[C@H](OC(=O)COc3ccccc3)[C@@H]2OCc2ccccc2)[C@H](OCc2ccccc2)[C@H]1N1C(=O)c2ccccc2C1=O. The van der Waals surface area contributed by atoms with Crippen LogP contribution >= 0.6 is 0 Å². The third-order valence-corrected chi connectivity index (χ3v) is 23.8. The van der Waals surface area contributed by atoms with Crippen molar-refractivity contribution in [3.8, 4) is 16.9 Å². The van der Waals surface area contributed by atoms with Crippen LogP contribution in [0.5, 0.6) is 5.75 Å². The number of para-hydroxylation sites is 1. The molecule has 0 aromatic heterocycles. The normalized spacial score (nSPS) is 22.4. The van der Waals surface area contributed by atoms with Crippen molar-refractivity contribution in [3.63, 3.8) is 0 Å². The van der Waals surface area contributed by atoms with Gasteiger partial charge in [0.05, 0.1) is 44.2 Å². The minimum atomic E-state index is -2.99. The van der Waals surface area contributed by atoms with E-state index in [1.54, 1.807) is 48.5 Å². The number of amides is 2. The quantitative estimate of drug-likeness (QED) is 0.0256. The molecule has 0 unspecified atom stereocenters. The molecule has 2 amide bonds. The van der Waals surface area contributed by atoms with Gasteiger partial charge in [0.25, 0.3) is 11.8 Å². The number of ether oxygens (including phenoxy) is 11. The van der Waals surface area contributed by atoms with Gasteiger partial charge in [0.1, 0.15) is 61.6 Å². The van der Waals surface area contributed by atoms with E-state index in [2.05, 4.69) is 52.9 Å². The molecule has 12 rings (SSSR count). The van der Waals surface area contributed by atoms with Gasteiger partial charge in [0.2, 0.25) is 0 Å². The van der Waals surface area contributed by atoms with E-state index in [0.29, 0.717) is 5.75 Å². The van der Waals surface area contributed by atoms with E-state index in [9.17, 15) is 9.59 Å². The van der Waals surface area contributed by atoms with Crippen molar-refractivity contribution in [2.75, 3.05) is 26.4 Å². The van der Waals surface area contributed by atoms with Gasteiger partial charge in [0.15, 0.2) is 33.6 Å². The van der Waals surface area contributed by atoms with Crippen molar-refractivity contribution >= 4 is 32.3 Å². The Morgan fingerprint density at radius 1 is 0.485 bits per heavy atom. The molecule has 0 radical (unpaired) electrons. The number of hydrogen-bond acceptors (Lipinski definition) is 16. The van der Waals surface area contributed by atoms with Crippen LogP contribution in [0.2, 0.25) is 18.1 Å². The molecule has 504 valence electrons. The molecule has 0 bridgehead atoms. The van der Waals surface area contributed by atoms with Crippen LogP contribution in [0.1, 0.15) is 87.7 Å². The summed E-state index contributed by atoms with van der Waals surface area (Å²) in [6.45, 7) is 11.6. The fourth-order valence-electron chi connectivity index (χ4n) is 12.9. The number of hydrogen-bond donors (Lipinski definition) is 0. The topological polar surface area (TPSA) is 182 Å². The van der Waals surface area contributed by atoms with Crippen molar-refractivity contribution in [2.24, 2.45) is 5.92 Å². The van der Waals surface area contributed by atoms with Crippen LogP contribution < -0.4 is 4.74 Å². The second kappa shape index (κ2) is 31.2. The maximum Gasteiger partial charge on any atom is 0.508 e. The van der Waals surface area contributed by atoms with Crippen LogP contribution in [-0.2, 0) is 83.0 Å². The number of imide groups is 1. The molecule has 97 heavy (non-hydrogen) atoms. The Kier molecular flexibility index (Phi) is 22.0. The lowest BCUT2D eigenvalue weighted by Gasteiger charge is -2.53. The molecule has 0 N–H and O–H groups in total. The van der Waals surface area contributed by atoms with Gasteiger partial charge in [-0.1, -0.05) is 228 Å². The number of carbonyl (C=O) groups excluding carboxylic acids is 4. The van der Waals surface area contributed by atoms with E-state index in [0.717, 1.165) is 44.5 Å². The van der Waals surface area contributed by atoms with Crippen LogP contribution in [0, 0.1) is 5.92 Å². The maximum absolute atomic E-state index is 15.3. The van der Waals surface area contributed by atoms with Gasteiger partial charge in [-0.15, -0.1) is 0 Å². The smallest absolute Gasteiger partial charge is 0.482 e. The van der Waals surface area contributed by atoms with E-state index < -0.39 is 112 Å². The summed E-state index contributed by atoms with van der Waals surface area (Å²) in [7, 11) is -2.99. The largest absolute Gasteiger partial charge is 0.508 e. The van der Waals surface area contributed by atoms with Gasteiger partial charge in [-0.25, -0.2) is 9.59 Å². The second-order valence-electron chi connectivity index (χ2n) is 26.1. The Morgan fingerprint density at radius 2 is 0.918 bits per heavy atom. The molecular formula is C79H83NO16Si. The lowest BCUT2D eigenvalue weighted by Crippen LogP contribution is -2.70. The van der Waals surface area contributed by atoms with Gasteiger partial charge < -0.3 is 56.5 Å². The number of carbonyl (C=O) groups is 4. The Morgan fingerprint density at radius 3 is 1.44 bits per heavy atom. The Balaban J connectivity index is 0.972. The summed E-state index contributed by atoms with van der Waals surface area (Å²) >= 11 is 0. The first kappa shape index (κ1) is 68.3. The second-order valence-corrected chi connectivity index (χ2v) is 30.7. The number of benzene rings is 8. The molecule has 2 saturated heterocycles. The highest BCUT2D eigenvalue weighted by Gasteiger charge is 2.60. The third-order valence-electron chi connectivity index (χ3n) is 19.3. The molecule has 2 fully saturated rings. The molecule has 18 heteroatoms. The Labute approximate surface area is 567 Å². The van der Waals surface area contributed by atoms with Gasteiger partial charge in [-0.3, -0.25) is 14.5 Å². The zero-order valence-corrected chi connectivity index (χ0v) is 56.4. The van der Waals surface area contributed by atoms with E-state index in [1.165, 1.54) is 4.90 Å². The fourth-order valence-corrected chi connectivity index (χ4v) is 15.4. The minimum Gasteiger partial charge on any atom is -0.482 e. The molecule has 0 spiro atoms.